The molecule has 0 aliphatic carbocycles. The van der Waals surface area contributed by atoms with E-state index in [1.807, 2.05) is 59.2 Å². The predicted molar refractivity (Wildman–Crippen MR) is 121 cm³/mol. The number of amides is 1. The summed E-state index contributed by atoms with van der Waals surface area (Å²) in [5.74, 6) is 0.827. The van der Waals surface area contributed by atoms with Gasteiger partial charge in [0, 0.05) is 42.8 Å². The summed E-state index contributed by atoms with van der Waals surface area (Å²) in [6.07, 6.45) is 3.58. The SMILES string of the molecule is Cc1cccc(C(=O)N2CCN(c3oc(C=Cc4ccc(Cl)cc4)nc3C#N)CC2)c1. The zero-order chi connectivity index (χ0) is 21.8. The standard InChI is InChI=1S/C24H21ClN4O2/c1-17-3-2-4-19(15-17)23(30)28-11-13-29(14-12-28)24-21(16-26)27-22(31-24)10-7-18-5-8-20(25)9-6-18/h2-10,15H,11-14H2,1H3. The van der Waals surface area contributed by atoms with Gasteiger partial charge in [-0.25, -0.2) is 0 Å². The van der Waals surface area contributed by atoms with Gasteiger partial charge in [-0.15, -0.1) is 0 Å². The number of carbonyl (C=O) groups is 1. The third-order valence-corrected chi connectivity index (χ3v) is 5.39. The molecule has 2 heterocycles. The molecule has 1 fully saturated rings. The summed E-state index contributed by atoms with van der Waals surface area (Å²) in [7, 11) is 0. The van der Waals surface area contributed by atoms with E-state index >= 15 is 0 Å². The maximum atomic E-state index is 12.8. The summed E-state index contributed by atoms with van der Waals surface area (Å²) >= 11 is 5.91. The van der Waals surface area contributed by atoms with Gasteiger partial charge in [0.2, 0.25) is 17.5 Å². The second kappa shape index (κ2) is 9.07. The number of oxazole rings is 1. The number of piperazine rings is 1. The Bertz CT molecular complexity index is 1150. The summed E-state index contributed by atoms with van der Waals surface area (Å²) in [4.78, 5) is 20.8. The van der Waals surface area contributed by atoms with Crippen LogP contribution in [0.25, 0.3) is 12.2 Å². The molecule has 7 heteroatoms. The normalized spacial score (nSPS) is 14.1. The van der Waals surface area contributed by atoms with E-state index in [1.54, 1.807) is 18.2 Å². The number of hydrogen-bond donors (Lipinski definition) is 0. The number of rotatable bonds is 4. The highest BCUT2D eigenvalue weighted by atomic mass is 35.5. The fourth-order valence-electron chi connectivity index (χ4n) is 3.50. The highest BCUT2D eigenvalue weighted by molar-refractivity contribution is 6.30. The van der Waals surface area contributed by atoms with Crippen LogP contribution in [0.1, 0.15) is 33.1 Å². The maximum absolute atomic E-state index is 12.8. The van der Waals surface area contributed by atoms with Crippen molar-refractivity contribution in [3.05, 3.63) is 81.8 Å². The van der Waals surface area contributed by atoms with Crippen LogP contribution in [0.2, 0.25) is 5.02 Å². The topological polar surface area (TPSA) is 73.4 Å². The zero-order valence-corrected chi connectivity index (χ0v) is 17.8. The van der Waals surface area contributed by atoms with E-state index in [0.29, 0.717) is 48.5 Å². The van der Waals surface area contributed by atoms with Crippen molar-refractivity contribution >= 4 is 35.5 Å². The van der Waals surface area contributed by atoms with Gasteiger partial charge in [-0.3, -0.25) is 4.79 Å². The second-order valence-electron chi connectivity index (χ2n) is 7.35. The zero-order valence-electron chi connectivity index (χ0n) is 17.1. The molecule has 31 heavy (non-hydrogen) atoms. The van der Waals surface area contributed by atoms with Crippen LogP contribution in [0.4, 0.5) is 5.88 Å². The summed E-state index contributed by atoms with van der Waals surface area (Å²) in [6.45, 7) is 4.22. The molecule has 1 saturated heterocycles. The Morgan fingerprint density at radius 1 is 1.13 bits per heavy atom. The van der Waals surface area contributed by atoms with Crippen LogP contribution < -0.4 is 4.90 Å². The van der Waals surface area contributed by atoms with Crippen LogP contribution in [-0.2, 0) is 0 Å². The number of hydrogen-bond acceptors (Lipinski definition) is 5. The van der Waals surface area contributed by atoms with Crippen molar-refractivity contribution in [2.45, 2.75) is 6.92 Å². The first-order valence-corrected chi connectivity index (χ1v) is 10.4. The van der Waals surface area contributed by atoms with Crippen LogP contribution in [0.15, 0.2) is 52.9 Å². The van der Waals surface area contributed by atoms with Gasteiger partial charge in [0.25, 0.3) is 5.91 Å². The molecule has 6 nitrogen and oxygen atoms in total. The van der Waals surface area contributed by atoms with E-state index in [0.717, 1.165) is 11.1 Å². The van der Waals surface area contributed by atoms with Crippen LogP contribution in [0, 0.1) is 18.3 Å². The number of nitrogens with zero attached hydrogens (tertiary/aromatic N) is 4. The van der Waals surface area contributed by atoms with E-state index in [2.05, 4.69) is 11.1 Å². The Balaban J connectivity index is 1.44. The molecule has 0 bridgehead atoms. The monoisotopic (exact) mass is 432 g/mol. The molecule has 0 N–H and O–H groups in total. The minimum absolute atomic E-state index is 0.0213. The van der Waals surface area contributed by atoms with E-state index in [1.165, 1.54) is 0 Å². The molecule has 1 amide bonds. The van der Waals surface area contributed by atoms with Crippen molar-refractivity contribution in [1.29, 1.82) is 5.26 Å². The van der Waals surface area contributed by atoms with Crippen LogP contribution >= 0.6 is 11.6 Å². The van der Waals surface area contributed by atoms with Gasteiger partial charge in [0.1, 0.15) is 6.07 Å². The lowest BCUT2D eigenvalue weighted by Gasteiger charge is -2.34. The first-order valence-electron chi connectivity index (χ1n) is 9.99. The summed E-state index contributed by atoms with van der Waals surface area (Å²) in [5, 5.41) is 10.2. The summed E-state index contributed by atoms with van der Waals surface area (Å²) in [5.41, 5.74) is 2.95. The molecule has 0 radical (unpaired) electrons. The van der Waals surface area contributed by atoms with E-state index < -0.39 is 0 Å². The number of aryl methyl sites for hydroxylation is 1. The highest BCUT2D eigenvalue weighted by Gasteiger charge is 2.26. The molecule has 0 saturated carbocycles. The van der Waals surface area contributed by atoms with E-state index in [-0.39, 0.29) is 11.6 Å². The summed E-state index contributed by atoms with van der Waals surface area (Å²) < 4.78 is 5.86. The lowest BCUT2D eigenvalue weighted by Crippen LogP contribution is -2.48. The smallest absolute Gasteiger partial charge is 0.253 e. The van der Waals surface area contributed by atoms with Crippen molar-refractivity contribution in [2.24, 2.45) is 0 Å². The second-order valence-corrected chi connectivity index (χ2v) is 7.79. The van der Waals surface area contributed by atoms with Gasteiger partial charge in [-0.2, -0.15) is 10.2 Å². The molecule has 1 aromatic heterocycles. The molecule has 0 atom stereocenters. The number of aromatic nitrogens is 1. The van der Waals surface area contributed by atoms with E-state index in [9.17, 15) is 10.1 Å². The quantitative estimate of drug-likeness (QED) is 0.600. The Hall–Kier alpha value is -3.56. The lowest BCUT2D eigenvalue weighted by atomic mass is 10.1. The van der Waals surface area contributed by atoms with Crippen molar-refractivity contribution in [2.75, 3.05) is 31.1 Å². The third-order valence-electron chi connectivity index (χ3n) is 5.14. The number of benzene rings is 2. The Morgan fingerprint density at radius 3 is 2.55 bits per heavy atom. The molecule has 1 aliphatic heterocycles. The molecule has 2 aromatic carbocycles. The fourth-order valence-corrected chi connectivity index (χ4v) is 3.63. The largest absolute Gasteiger partial charge is 0.420 e. The van der Waals surface area contributed by atoms with Crippen molar-refractivity contribution < 1.29 is 9.21 Å². The Morgan fingerprint density at radius 2 is 1.87 bits per heavy atom. The molecule has 0 spiro atoms. The molecule has 0 unspecified atom stereocenters. The van der Waals surface area contributed by atoms with Gasteiger partial charge in [-0.05, 0) is 42.8 Å². The first-order chi connectivity index (χ1) is 15.0. The van der Waals surface area contributed by atoms with Gasteiger partial charge in [0.05, 0.1) is 0 Å². The molecular weight excluding hydrogens is 412 g/mol. The molecule has 3 aromatic rings. The maximum Gasteiger partial charge on any atom is 0.253 e. The fraction of sp³-hybridized carbons (Fsp3) is 0.208. The van der Waals surface area contributed by atoms with Gasteiger partial charge in [0.15, 0.2) is 0 Å². The Kier molecular flexibility index (Phi) is 6.06. The third kappa shape index (κ3) is 4.79. The minimum Gasteiger partial charge on any atom is -0.420 e. The average molecular weight is 433 g/mol. The molecule has 1 aliphatic rings. The Labute approximate surface area is 186 Å². The van der Waals surface area contributed by atoms with Gasteiger partial charge >= 0.3 is 0 Å². The molecular formula is C24H21ClN4O2. The van der Waals surface area contributed by atoms with Crippen molar-refractivity contribution in [3.8, 4) is 6.07 Å². The lowest BCUT2D eigenvalue weighted by molar-refractivity contribution is 0.0745. The number of nitriles is 1. The van der Waals surface area contributed by atoms with Crippen molar-refractivity contribution in [3.63, 3.8) is 0 Å². The van der Waals surface area contributed by atoms with Crippen molar-refractivity contribution in [1.82, 2.24) is 9.88 Å². The number of carbonyl (C=O) groups excluding carboxylic acids is 1. The number of halogens is 1. The predicted octanol–water partition coefficient (Wildman–Crippen LogP) is 4.64. The van der Waals surface area contributed by atoms with E-state index in [4.69, 9.17) is 16.0 Å². The van der Waals surface area contributed by atoms with Crippen LogP contribution in [0.3, 0.4) is 0 Å². The first kappa shape index (κ1) is 20.7. The number of anilines is 1. The van der Waals surface area contributed by atoms with Crippen LogP contribution in [-0.4, -0.2) is 42.0 Å². The highest BCUT2D eigenvalue weighted by Crippen LogP contribution is 2.25. The molecule has 156 valence electrons. The minimum atomic E-state index is 0.0213. The van der Waals surface area contributed by atoms with Gasteiger partial charge in [-0.1, -0.05) is 41.4 Å². The van der Waals surface area contributed by atoms with Crippen LogP contribution in [0.5, 0.6) is 0 Å². The average Bonchev–Trinajstić information content (AvgIpc) is 3.22. The molecule has 4 rings (SSSR count). The summed E-state index contributed by atoms with van der Waals surface area (Å²) in [6, 6.07) is 17.1. The van der Waals surface area contributed by atoms with Gasteiger partial charge < -0.3 is 14.2 Å².